The molecule has 1 aromatic carbocycles. The maximum absolute atomic E-state index is 13.2. The number of phenols is 1. The van der Waals surface area contributed by atoms with Gasteiger partial charge in [-0.05, 0) is 43.4 Å². The van der Waals surface area contributed by atoms with Crippen LogP contribution in [0.25, 0.3) is 0 Å². The molecule has 0 radical (unpaired) electrons. The topological polar surface area (TPSA) is 32.3 Å². The first-order valence-electron chi connectivity index (χ1n) is 7.37. The minimum Gasteiger partial charge on any atom is -0.508 e. The van der Waals surface area contributed by atoms with Crippen LogP contribution < -0.4 is 5.32 Å². The molecule has 0 aliphatic heterocycles. The fraction of sp³-hybridized carbons (Fsp3) is 0.625. The van der Waals surface area contributed by atoms with E-state index in [9.17, 15) is 9.50 Å². The Morgan fingerprint density at radius 2 is 1.89 bits per heavy atom. The zero-order valence-electron chi connectivity index (χ0n) is 11.7. The van der Waals surface area contributed by atoms with Crippen molar-refractivity contribution in [3.8, 4) is 5.75 Å². The van der Waals surface area contributed by atoms with Gasteiger partial charge in [-0.2, -0.15) is 0 Å². The fourth-order valence-corrected chi connectivity index (χ4v) is 2.99. The molecule has 2 N–H and O–H groups in total. The summed E-state index contributed by atoms with van der Waals surface area (Å²) in [5.41, 5.74) is 0.804. The van der Waals surface area contributed by atoms with Gasteiger partial charge in [0.15, 0.2) is 0 Å². The van der Waals surface area contributed by atoms with Crippen molar-refractivity contribution in [1.29, 1.82) is 0 Å². The Labute approximate surface area is 115 Å². The van der Waals surface area contributed by atoms with E-state index in [1.165, 1.54) is 44.6 Å². The molecule has 1 aliphatic carbocycles. The van der Waals surface area contributed by atoms with Crippen LogP contribution in [-0.4, -0.2) is 11.1 Å². The SMILES string of the molecule is C[C@H](NCc1cc(O)cc(F)c1)C1CCCCCC1. The highest BCUT2D eigenvalue weighted by atomic mass is 19.1. The van der Waals surface area contributed by atoms with Crippen molar-refractivity contribution in [2.24, 2.45) is 5.92 Å². The molecule has 0 aromatic heterocycles. The van der Waals surface area contributed by atoms with E-state index in [2.05, 4.69) is 12.2 Å². The van der Waals surface area contributed by atoms with E-state index < -0.39 is 0 Å². The molecule has 19 heavy (non-hydrogen) atoms. The third-order valence-electron chi connectivity index (χ3n) is 4.18. The molecule has 0 bridgehead atoms. The zero-order chi connectivity index (χ0) is 13.7. The van der Waals surface area contributed by atoms with Gasteiger partial charge in [0.1, 0.15) is 11.6 Å². The lowest BCUT2D eigenvalue weighted by atomic mass is 9.93. The number of benzene rings is 1. The summed E-state index contributed by atoms with van der Waals surface area (Å²) in [6.07, 6.45) is 7.97. The van der Waals surface area contributed by atoms with Gasteiger partial charge in [-0.3, -0.25) is 0 Å². The molecule has 106 valence electrons. The molecule has 2 nitrogen and oxygen atoms in total. The largest absolute Gasteiger partial charge is 0.508 e. The quantitative estimate of drug-likeness (QED) is 0.807. The lowest BCUT2D eigenvalue weighted by Crippen LogP contribution is -2.32. The van der Waals surface area contributed by atoms with E-state index in [-0.39, 0.29) is 11.6 Å². The van der Waals surface area contributed by atoms with E-state index in [0.717, 1.165) is 17.5 Å². The first-order valence-corrected chi connectivity index (χ1v) is 7.37. The minimum atomic E-state index is -0.376. The maximum Gasteiger partial charge on any atom is 0.127 e. The highest BCUT2D eigenvalue weighted by molar-refractivity contribution is 5.28. The van der Waals surface area contributed by atoms with Crippen molar-refractivity contribution in [2.45, 2.75) is 58.0 Å². The van der Waals surface area contributed by atoms with E-state index in [0.29, 0.717) is 12.6 Å². The Morgan fingerprint density at radius 3 is 2.53 bits per heavy atom. The maximum atomic E-state index is 13.2. The lowest BCUT2D eigenvalue weighted by molar-refractivity contribution is 0.336. The molecule has 1 aliphatic rings. The van der Waals surface area contributed by atoms with Crippen molar-refractivity contribution < 1.29 is 9.50 Å². The smallest absolute Gasteiger partial charge is 0.127 e. The van der Waals surface area contributed by atoms with E-state index in [1.54, 1.807) is 6.07 Å². The van der Waals surface area contributed by atoms with Gasteiger partial charge >= 0.3 is 0 Å². The second kappa shape index (κ2) is 6.90. The summed E-state index contributed by atoms with van der Waals surface area (Å²) >= 11 is 0. The Balaban J connectivity index is 1.86. The van der Waals surface area contributed by atoms with Crippen LogP contribution in [0, 0.1) is 11.7 Å². The molecule has 1 saturated carbocycles. The highest BCUT2D eigenvalue weighted by Gasteiger charge is 2.18. The van der Waals surface area contributed by atoms with Gasteiger partial charge in [0, 0.05) is 18.7 Å². The van der Waals surface area contributed by atoms with Crippen molar-refractivity contribution in [3.05, 3.63) is 29.6 Å². The standard InChI is InChI=1S/C16H24FNO/c1-12(14-6-4-2-3-5-7-14)18-11-13-8-15(17)10-16(19)9-13/h8-10,12,14,18-19H,2-7,11H2,1H3/t12-/m0/s1. The van der Waals surface area contributed by atoms with Gasteiger partial charge in [0.25, 0.3) is 0 Å². The average molecular weight is 265 g/mol. The summed E-state index contributed by atoms with van der Waals surface area (Å²) < 4.78 is 13.2. The molecule has 2 rings (SSSR count). The lowest BCUT2D eigenvalue weighted by Gasteiger charge is -2.23. The van der Waals surface area contributed by atoms with Crippen molar-refractivity contribution in [1.82, 2.24) is 5.32 Å². The third-order valence-corrected chi connectivity index (χ3v) is 4.18. The van der Waals surface area contributed by atoms with Crippen LogP contribution in [0.1, 0.15) is 51.0 Å². The van der Waals surface area contributed by atoms with Gasteiger partial charge in [0.2, 0.25) is 0 Å². The number of nitrogens with one attached hydrogen (secondary N) is 1. The van der Waals surface area contributed by atoms with Gasteiger partial charge in [-0.25, -0.2) is 4.39 Å². The first kappa shape index (κ1) is 14.3. The normalized spacial score (nSPS) is 19.1. The van der Waals surface area contributed by atoms with Crippen LogP contribution in [0.15, 0.2) is 18.2 Å². The predicted molar refractivity (Wildman–Crippen MR) is 75.6 cm³/mol. The third kappa shape index (κ3) is 4.50. The van der Waals surface area contributed by atoms with Crippen molar-refractivity contribution in [3.63, 3.8) is 0 Å². The van der Waals surface area contributed by atoms with Crippen molar-refractivity contribution >= 4 is 0 Å². The summed E-state index contributed by atoms with van der Waals surface area (Å²) in [5.74, 6) is 0.350. The first-order chi connectivity index (χ1) is 9.15. The molecule has 0 unspecified atom stereocenters. The van der Waals surface area contributed by atoms with Crippen molar-refractivity contribution in [2.75, 3.05) is 0 Å². The highest BCUT2D eigenvalue weighted by Crippen LogP contribution is 2.25. The van der Waals surface area contributed by atoms with Crippen LogP contribution >= 0.6 is 0 Å². The summed E-state index contributed by atoms with van der Waals surface area (Å²) in [6, 6.07) is 4.68. The Hall–Kier alpha value is -1.09. The zero-order valence-corrected chi connectivity index (χ0v) is 11.7. The molecule has 1 fully saturated rings. The molecule has 1 aromatic rings. The monoisotopic (exact) mass is 265 g/mol. The fourth-order valence-electron chi connectivity index (χ4n) is 2.99. The Kier molecular flexibility index (Phi) is 5.20. The van der Waals surface area contributed by atoms with Crippen LogP contribution in [0.3, 0.4) is 0 Å². The summed E-state index contributed by atoms with van der Waals surface area (Å²) in [4.78, 5) is 0. The van der Waals surface area contributed by atoms with Gasteiger partial charge in [-0.15, -0.1) is 0 Å². The summed E-state index contributed by atoms with van der Waals surface area (Å²) in [7, 11) is 0. The second-order valence-electron chi connectivity index (χ2n) is 5.74. The minimum absolute atomic E-state index is 0.00100. The summed E-state index contributed by atoms with van der Waals surface area (Å²) in [5, 5.41) is 12.9. The molecule has 0 saturated heterocycles. The number of aromatic hydroxyl groups is 1. The molecule has 3 heteroatoms. The van der Waals surface area contributed by atoms with E-state index in [1.807, 2.05) is 0 Å². The van der Waals surface area contributed by atoms with Crippen LogP contribution in [0.5, 0.6) is 5.75 Å². The van der Waals surface area contributed by atoms with E-state index >= 15 is 0 Å². The summed E-state index contributed by atoms with van der Waals surface area (Å²) in [6.45, 7) is 2.83. The molecule has 0 amide bonds. The molecule has 0 heterocycles. The molecular formula is C16H24FNO. The van der Waals surface area contributed by atoms with Gasteiger partial charge in [-0.1, -0.05) is 25.7 Å². The predicted octanol–water partition coefficient (Wildman–Crippen LogP) is 3.98. The van der Waals surface area contributed by atoms with E-state index in [4.69, 9.17) is 0 Å². The number of phenolic OH excluding ortho intramolecular Hbond substituents is 1. The average Bonchev–Trinajstić information content (AvgIpc) is 2.63. The number of hydrogen-bond acceptors (Lipinski definition) is 2. The molecular weight excluding hydrogens is 241 g/mol. The molecule has 0 spiro atoms. The van der Waals surface area contributed by atoms with Gasteiger partial charge < -0.3 is 10.4 Å². The van der Waals surface area contributed by atoms with Crippen LogP contribution in [0.2, 0.25) is 0 Å². The molecule has 1 atom stereocenters. The number of halogens is 1. The number of hydrogen-bond donors (Lipinski definition) is 2. The number of rotatable bonds is 4. The Morgan fingerprint density at radius 1 is 1.21 bits per heavy atom. The van der Waals surface area contributed by atoms with Crippen LogP contribution in [-0.2, 0) is 6.54 Å². The Bertz CT molecular complexity index is 379. The van der Waals surface area contributed by atoms with Crippen LogP contribution in [0.4, 0.5) is 4.39 Å². The van der Waals surface area contributed by atoms with Gasteiger partial charge in [0.05, 0.1) is 0 Å². The second-order valence-corrected chi connectivity index (χ2v) is 5.74.